The number of rotatable bonds is 10. The number of carbonyl (C=O) groups excluding carboxylic acids is 2. The van der Waals surface area contributed by atoms with Gasteiger partial charge in [0, 0.05) is 82.2 Å². The fourth-order valence-corrected chi connectivity index (χ4v) is 10.4. The van der Waals surface area contributed by atoms with Crippen molar-refractivity contribution in [2.24, 2.45) is 0 Å². The van der Waals surface area contributed by atoms with Crippen LogP contribution in [0.25, 0.3) is 11.4 Å². The van der Waals surface area contributed by atoms with E-state index < -0.39 is 20.0 Å². The van der Waals surface area contributed by atoms with Crippen LogP contribution in [0.2, 0.25) is 0 Å². The Morgan fingerprint density at radius 2 is 1.16 bits per heavy atom. The molecular formula is C44H55N9O6S3. The summed E-state index contributed by atoms with van der Waals surface area (Å²) in [6.45, 7) is 15.2. The summed E-state index contributed by atoms with van der Waals surface area (Å²) in [5.41, 5.74) is 3.65. The van der Waals surface area contributed by atoms with Crippen molar-refractivity contribution < 1.29 is 26.4 Å². The number of benzene rings is 2. The molecule has 3 aromatic heterocycles. The van der Waals surface area contributed by atoms with E-state index in [1.807, 2.05) is 54.6 Å². The number of hydrogen-bond acceptors (Lipinski definition) is 11. The van der Waals surface area contributed by atoms with Gasteiger partial charge in [-0.3, -0.25) is 24.7 Å². The lowest BCUT2D eigenvalue weighted by molar-refractivity contribution is -0.131. The third-order valence-electron chi connectivity index (χ3n) is 10.7. The molecule has 2 saturated heterocycles. The van der Waals surface area contributed by atoms with Crippen LogP contribution in [0.15, 0.2) is 112 Å². The van der Waals surface area contributed by atoms with Crippen molar-refractivity contribution in [3.8, 4) is 11.4 Å². The minimum atomic E-state index is -3.59. The topological polar surface area (TPSA) is 183 Å². The van der Waals surface area contributed by atoms with E-state index in [4.69, 9.17) is 0 Å². The lowest BCUT2D eigenvalue weighted by Crippen LogP contribution is -2.50. The highest BCUT2D eigenvalue weighted by Gasteiger charge is 2.32. The van der Waals surface area contributed by atoms with Crippen LogP contribution in [0, 0.1) is 0 Å². The van der Waals surface area contributed by atoms with Gasteiger partial charge in [-0.1, -0.05) is 83.6 Å². The maximum absolute atomic E-state index is 13.0. The van der Waals surface area contributed by atoms with Gasteiger partial charge in [0.25, 0.3) is 0 Å². The van der Waals surface area contributed by atoms with E-state index >= 15 is 0 Å². The Morgan fingerprint density at radius 3 is 1.61 bits per heavy atom. The van der Waals surface area contributed by atoms with Crippen molar-refractivity contribution in [2.45, 2.75) is 73.7 Å². The van der Waals surface area contributed by atoms with E-state index in [1.54, 1.807) is 52.7 Å². The minimum absolute atomic E-state index is 0.0229. The molecule has 2 fully saturated rings. The first-order valence-electron chi connectivity index (χ1n) is 20.4. The number of thioether (sulfide) groups is 1. The summed E-state index contributed by atoms with van der Waals surface area (Å²) < 4.78 is 54.9. The quantitative estimate of drug-likeness (QED) is 0.181. The largest absolute Gasteiger partial charge is 0.340 e. The number of nitrogens with one attached hydrogen (secondary N) is 1. The van der Waals surface area contributed by atoms with E-state index in [0.29, 0.717) is 55.1 Å². The van der Waals surface area contributed by atoms with Gasteiger partial charge in [0.2, 0.25) is 37.0 Å². The number of aromatic amines is 1. The maximum atomic E-state index is 13.0. The van der Waals surface area contributed by atoms with Crippen LogP contribution in [0.4, 0.5) is 0 Å². The summed E-state index contributed by atoms with van der Waals surface area (Å²) in [7, 11) is -7.14. The summed E-state index contributed by atoms with van der Waals surface area (Å²) in [6, 6.07) is 23.3. The SMILES string of the molecule is CC(C)(C)c1ccc(S(=O)(=O)N2CCN(C(=O)CSc3n[nH]c(-c4cccnc4)n3)CC2)cc1.CC(C)(C)c1ccc(S(=O)(=O)N2CCN(C(=O)Cc3ccccn3)CC2)cc1. The summed E-state index contributed by atoms with van der Waals surface area (Å²) >= 11 is 1.25. The molecule has 1 N–H and O–H groups in total. The number of aromatic nitrogens is 5. The number of nitrogens with zero attached hydrogens (tertiary/aromatic N) is 8. The van der Waals surface area contributed by atoms with Crippen molar-refractivity contribution in [2.75, 3.05) is 58.1 Å². The Balaban J connectivity index is 0.000000211. The molecule has 7 rings (SSSR count). The molecule has 5 heterocycles. The summed E-state index contributed by atoms with van der Waals surface area (Å²) in [5.74, 6) is 0.692. The van der Waals surface area contributed by atoms with Gasteiger partial charge >= 0.3 is 0 Å². The van der Waals surface area contributed by atoms with Gasteiger partial charge in [0.15, 0.2) is 5.82 Å². The van der Waals surface area contributed by atoms with Gasteiger partial charge in [-0.2, -0.15) is 8.61 Å². The van der Waals surface area contributed by atoms with E-state index in [1.165, 1.54) is 20.4 Å². The zero-order valence-electron chi connectivity index (χ0n) is 36.1. The van der Waals surface area contributed by atoms with Gasteiger partial charge in [-0.25, -0.2) is 21.8 Å². The number of piperazine rings is 2. The van der Waals surface area contributed by atoms with E-state index in [-0.39, 0.29) is 52.8 Å². The van der Waals surface area contributed by atoms with Crippen molar-refractivity contribution in [1.82, 2.24) is 43.6 Å². The molecule has 2 aliphatic heterocycles. The molecule has 2 amide bonds. The molecule has 0 radical (unpaired) electrons. The highest BCUT2D eigenvalue weighted by atomic mass is 32.2. The highest BCUT2D eigenvalue weighted by Crippen LogP contribution is 2.27. The third-order valence-corrected chi connectivity index (χ3v) is 15.3. The summed E-state index contributed by atoms with van der Waals surface area (Å²) in [5, 5.41) is 7.48. The van der Waals surface area contributed by atoms with Crippen LogP contribution in [-0.2, 0) is 46.9 Å². The molecule has 2 aromatic carbocycles. The number of carbonyl (C=O) groups is 2. The number of sulfonamides is 2. The van der Waals surface area contributed by atoms with Gasteiger partial charge in [0.05, 0.1) is 22.0 Å². The van der Waals surface area contributed by atoms with Crippen LogP contribution in [0.5, 0.6) is 0 Å². The standard InChI is InChI=1S/C23H28N6O3S2.C21H27N3O3S/c1-23(2,3)18-6-8-19(9-7-18)34(31,32)29-13-11-28(12-14-29)20(30)16-33-22-25-21(26-27-22)17-5-4-10-24-15-17;1-21(2,3)17-7-9-19(10-8-17)28(26,27)24-14-12-23(13-15-24)20(25)16-18-6-4-5-11-22-18/h4-10,15H,11-14,16H2,1-3H3,(H,25,26,27);4-11H,12-16H2,1-3H3. The monoisotopic (exact) mass is 901 g/mol. The van der Waals surface area contributed by atoms with Gasteiger partial charge in [-0.15, -0.1) is 5.10 Å². The molecule has 0 spiro atoms. The molecule has 62 heavy (non-hydrogen) atoms. The molecule has 5 aromatic rings. The van der Waals surface area contributed by atoms with Gasteiger partial charge in [-0.05, 0) is 70.5 Å². The fourth-order valence-electron chi connectivity index (χ4n) is 6.84. The Hall–Kier alpha value is -5.01. The molecule has 0 unspecified atom stereocenters. The van der Waals surface area contributed by atoms with Crippen LogP contribution in [0.3, 0.4) is 0 Å². The minimum Gasteiger partial charge on any atom is -0.340 e. The molecule has 330 valence electrons. The number of pyridine rings is 2. The van der Waals surface area contributed by atoms with Crippen LogP contribution < -0.4 is 0 Å². The molecule has 15 nitrogen and oxygen atoms in total. The Morgan fingerprint density at radius 1 is 0.645 bits per heavy atom. The summed E-state index contributed by atoms with van der Waals surface area (Å²) in [6.07, 6.45) is 5.27. The van der Waals surface area contributed by atoms with Crippen molar-refractivity contribution in [3.63, 3.8) is 0 Å². The molecule has 18 heteroatoms. The van der Waals surface area contributed by atoms with Gasteiger partial charge < -0.3 is 9.80 Å². The second kappa shape index (κ2) is 19.6. The maximum Gasteiger partial charge on any atom is 0.243 e. The normalized spacial score (nSPS) is 15.8. The molecule has 0 bridgehead atoms. The van der Waals surface area contributed by atoms with Crippen LogP contribution >= 0.6 is 11.8 Å². The number of hydrogen-bond donors (Lipinski definition) is 1. The predicted molar refractivity (Wildman–Crippen MR) is 239 cm³/mol. The smallest absolute Gasteiger partial charge is 0.243 e. The average Bonchev–Trinajstić information content (AvgIpc) is 3.75. The third kappa shape index (κ3) is 11.7. The lowest BCUT2D eigenvalue weighted by Gasteiger charge is -2.34. The Labute approximate surface area is 369 Å². The zero-order chi connectivity index (χ0) is 44.7. The number of H-pyrrole nitrogens is 1. The second-order valence-electron chi connectivity index (χ2n) is 17.1. The first-order chi connectivity index (χ1) is 29.3. The zero-order valence-corrected chi connectivity index (χ0v) is 38.5. The molecule has 0 aliphatic carbocycles. The number of amides is 2. The highest BCUT2D eigenvalue weighted by molar-refractivity contribution is 7.99. The predicted octanol–water partition coefficient (Wildman–Crippen LogP) is 5.24. The summed E-state index contributed by atoms with van der Waals surface area (Å²) in [4.78, 5) is 41.7. The first-order valence-corrected chi connectivity index (χ1v) is 24.3. The van der Waals surface area contributed by atoms with E-state index in [0.717, 1.165) is 22.4 Å². The fraction of sp³-hybridized carbons (Fsp3) is 0.409. The van der Waals surface area contributed by atoms with E-state index in [2.05, 4.69) is 66.7 Å². The molecule has 2 aliphatic rings. The van der Waals surface area contributed by atoms with Crippen LogP contribution in [0.1, 0.15) is 58.4 Å². The Kier molecular flexibility index (Phi) is 14.7. The lowest BCUT2D eigenvalue weighted by atomic mass is 9.87. The Bertz CT molecular complexity index is 2490. The van der Waals surface area contributed by atoms with Crippen molar-refractivity contribution in [3.05, 3.63) is 114 Å². The van der Waals surface area contributed by atoms with E-state index in [9.17, 15) is 26.4 Å². The van der Waals surface area contributed by atoms with Crippen LogP contribution in [-0.4, -0.2) is 130 Å². The van der Waals surface area contributed by atoms with Gasteiger partial charge in [0.1, 0.15) is 0 Å². The average molecular weight is 902 g/mol. The van der Waals surface area contributed by atoms with Crippen molar-refractivity contribution >= 4 is 43.6 Å². The second-order valence-corrected chi connectivity index (χ2v) is 21.9. The molecular weight excluding hydrogens is 847 g/mol. The molecule has 0 atom stereocenters. The van der Waals surface area contributed by atoms with Crippen molar-refractivity contribution in [1.29, 1.82) is 0 Å². The molecule has 0 saturated carbocycles. The first kappa shape index (κ1) is 46.5.